The molecular weight excluding hydrogens is 282 g/mol. The zero-order valence-electron chi connectivity index (χ0n) is 11.3. The number of esters is 1. The molecule has 2 N–H and O–H groups in total. The van der Waals surface area contributed by atoms with Crippen LogP contribution in [0.15, 0.2) is 18.2 Å². The number of carbonyl (C=O) groups excluding carboxylic acids is 2. The van der Waals surface area contributed by atoms with E-state index in [-0.39, 0.29) is 29.4 Å². The molecule has 0 unspecified atom stereocenters. The van der Waals surface area contributed by atoms with Crippen LogP contribution in [-0.4, -0.2) is 42.5 Å². The van der Waals surface area contributed by atoms with E-state index in [9.17, 15) is 14.7 Å². The van der Waals surface area contributed by atoms with Crippen LogP contribution in [-0.2, 0) is 9.53 Å². The molecular formula is C13H17NO5S. The zero-order valence-corrected chi connectivity index (χ0v) is 12.1. The van der Waals surface area contributed by atoms with Crippen LogP contribution in [0.1, 0.15) is 17.3 Å². The molecule has 1 amide bonds. The molecule has 0 saturated heterocycles. The van der Waals surface area contributed by atoms with Crippen LogP contribution >= 0.6 is 12.6 Å². The Bertz CT molecular complexity index is 492. The topological polar surface area (TPSA) is 84.9 Å². The normalized spacial score (nSPS) is 11.6. The Hall–Kier alpha value is -1.89. The average Bonchev–Trinajstić information content (AvgIpc) is 2.44. The van der Waals surface area contributed by atoms with Gasteiger partial charge in [-0.3, -0.25) is 4.79 Å². The lowest BCUT2D eigenvalue weighted by Gasteiger charge is -2.15. The van der Waals surface area contributed by atoms with Gasteiger partial charge in [0.15, 0.2) is 11.5 Å². The third-order valence-electron chi connectivity index (χ3n) is 2.50. The molecule has 0 heterocycles. The lowest BCUT2D eigenvalue weighted by atomic mass is 10.1. The maximum Gasteiger partial charge on any atom is 0.329 e. The Balaban J connectivity index is 2.79. The lowest BCUT2D eigenvalue weighted by Crippen LogP contribution is -2.43. The van der Waals surface area contributed by atoms with E-state index in [4.69, 9.17) is 9.47 Å². The van der Waals surface area contributed by atoms with Crippen molar-refractivity contribution in [3.05, 3.63) is 23.8 Å². The fraction of sp³-hybridized carbons (Fsp3) is 0.385. The molecule has 0 radical (unpaired) electrons. The zero-order chi connectivity index (χ0) is 15.1. The highest BCUT2D eigenvalue weighted by Crippen LogP contribution is 2.26. The third kappa shape index (κ3) is 4.06. The Morgan fingerprint density at radius 2 is 2.15 bits per heavy atom. The monoisotopic (exact) mass is 299 g/mol. The summed E-state index contributed by atoms with van der Waals surface area (Å²) in [6, 6.07) is 3.36. The summed E-state index contributed by atoms with van der Waals surface area (Å²) in [7, 11) is 1.41. The molecule has 0 bridgehead atoms. The largest absolute Gasteiger partial charge is 0.504 e. The molecule has 6 nitrogen and oxygen atoms in total. The number of methoxy groups -OCH3 is 1. The summed E-state index contributed by atoms with van der Waals surface area (Å²) in [6.07, 6.45) is 0. The van der Waals surface area contributed by atoms with E-state index in [1.54, 1.807) is 6.92 Å². The van der Waals surface area contributed by atoms with E-state index in [0.29, 0.717) is 0 Å². The number of ether oxygens (including phenoxy) is 2. The minimum absolute atomic E-state index is 0.118. The first kappa shape index (κ1) is 16.2. The standard InChI is InChI=1S/C13H17NO5S/c1-3-19-13(17)9(7-20)14-12(16)8-4-5-11(18-2)10(15)6-8/h4-6,9,15,20H,3,7H2,1-2H3,(H,14,16)/t9-/m0/s1. The fourth-order valence-electron chi connectivity index (χ4n) is 1.49. The van der Waals surface area contributed by atoms with Gasteiger partial charge in [-0.25, -0.2) is 4.79 Å². The second kappa shape index (κ2) is 7.64. The SMILES string of the molecule is CCOC(=O)[C@H](CS)NC(=O)c1ccc(OC)c(O)c1. The highest BCUT2D eigenvalue weighted by Gasteiger charge is 2.21. The maximum atomic E-state index is 12.0. The maximum absolute atomic E-state index is 12.0. The van der Waals surface area contributed by atoms with Crippen LogP contribution < -0.4 is 10.1 Å². The van der Waals surface area contributed by atoms with Crippen LogP contribution in [0, 0.1) is 0 Å². The molecule has 0 fully saturated rings. The Labute approximate surface area is 122 Å². The minimum Gasteiger partial charge on any atom is -0.504 e. The van der Waals surface area contributed by atoms with E-state index in [1.807, 2.05) is 0 Å². The number of nitrogens with one attached hydrogen (secondary N) is 1. The predicted molar refractivity (Wildman–Crippen MR) is 76.4 cm³/mol. The number of phenolic OH excluding ortho intramolecular Hbond substituents is 1. The number of thiol groups is 1. The van der Waals surface area contributed by atoms with Gasteiger partial charge >= 0.3 is 5.97 Å². The van der Waals surface area contributed by atoms with Gasteiger partial charge in [-0.15, -0.1) is 0 Å². The van der Waals surface area contributed by atoms with Crippen LogP contribution in [0.4, 0.5) is 0 Å². The number of hydrogen-bond acceptors (Lipinski definition) is 6. The number of phenols is 1. The Morgan fingerprint density at radius 1 is 1.45 bits per heavy atom. The van der Waals surface area contributed by atoms with Crippen molar-refractivity contribution in [1.82, 2.24) is 5.32 Å². The summed E-state index contributed by atoms with van der Waals surface area (Å²) in [5, 5.41) is 12.1. The number of rotatable bonds is 6. The smallest absolute Gasteiger partial charge is 0.329 e. The van der Waals surface area contributed by atoms with Gasteiger partial charge in [-0.1, -0.05) is 0 Å². The highest BCUT2D eigenvalue weighted by atomic mass is 32.1. The summed E-state index contributed by atoms with van der Waals surface area (Å²) in [4.78, 5) is 23.5. The van der Waals surface area contributed by atoms with Gasteiger partial charge in [0.1, 0.15) is 6.04 Å². The van der Waals surface area contributed by atoms with Crippen molar-refractivity contribution >= 4 is 24.5 Å². The molecule has 1 rings (SSSR count). The van der Waals surface area contributed by atoms with Crippen LogP contribution in [0.3, 0.4) is 0 Å². The molecule has 1 aromatic rings. The van der Waals surface area contributed by atoms with Gasteiger partial charge < -0.3 is 19.9 Å². The quantitative estimate of drug-likeness (QED) is 0.539. The second-order valence-corrected chi connectivity index (χ2v) is 4.21. The molecule has 1 aromatic carbocycles. The van der Waals surface area contributed by atoms with Crippen LogP contribution in [0.5, 0.6) is 11.5 Å². The van der Waals surface area contributed by atoms with Gasteiger partial charge in [0.2, 0.25) is 0 Å². The van der Waals surface area contributed by atoms with Crippen molar-refractivity contribution in [2.24, 2.45) is 0 Å². The van der Waals surface area contributed by atoms with Crippen molar-refractivity contribution in [1.29, 1.82) is 0 Å². The van der Waals surface area contributed by atoms with E-state index in [2.05, 4.69) is 17.9 Å². The number of hydrogen-bond donors (Lipinski definition) is 3. The van der Waals surface area contributed by atoms with Crippen molar-refractivity contribution in [3.63, 3.8) is 0 Å². The third-order valence-corrected chi connectivity index (χ3v) is 2.87. The molecule has 110 valence electrons. The number of benzene rings is 1. The first-order valence-corrected chi connectivity index (χ1v) is 6.62. The minimum atomic E-state index is -0.838. The van der Waals surface area contributed by atoms with Gasteiger partial charge in [0.05, 0.1) is 13.7 Å². The van der Waals surface area contributed by atoms with E-state index in [1.165, 1.54) is 25.3 Å². The summed E-state index contributed by atoms with van der Waals surface area (Å²) < 4.78 is 9.70. The fourth-order valence-corrected chi connectivity index (χ4v) is 1.74. The average molecular weight is 299 g/mol. The van der Waals surface area contributed by atoms with Gasteiger partial charge in [-0.05, 0) is 25.1 Å². The molecule has 0 aliphatic heterocycles. The summed E-state index contributed by atoms with van der Waals surface area (Å²) in [6.45, 7) is 1.90. The molecule has 20 heavy (non-hydrogen) atoms. The molecule has 1 atom stereocenters. The summed E-state index contributed by atoms with van der Waals surface area (Å²) >= 11 is 4.00. The number of amides is 1. The summed E-state index contributed by atoms with van der Waals surface area (Å²) in [5.41, 5.74) is 0.208. The van der Waals surface area contributed by atoms with Crippen LogP contribution in [0.25, 0.3) is 0 Å². The second-order valence-electron chi connectivity index (χ2n) is 3.85. The number of carbonyl (C=O) groups is 2. The van der Waals surface area contributed by atoms with E-state index < -0.39 is 17.9 Å². The highest BCUT2D eigenvalue weighted by molar-refractivity contribution is 7.80. The first-order chi connectivity index (χ1) is 9.53. The molecule has 0 aliphatic carbocycles. The van der Waals surface area contributed by atoms with Crippen molar-refractivity contribution < 1.29 is 24.2 Å². The molecule has 0 saturated carbocycles. The number of aromatic hydroxyl groups is 1. The Morgan fingerprint density at radius 3 is 2.65 bits per heavy atom. The van der Waals surface area contributed by atoms with Crippen molar-refractivity contribution in [2.75, 3.05) is 19.5 Å². The predicted octanol–water partition coefficient (Wildman–Crippen LogP) is 0.992. The van der Waals surface area contributed by atoms with Crippen LogP contribution in [0.2, 0.25) is 0 Å². The lowest BCUT2D eigenvalue weighted by molar-refractivity contribution is -0.144. The molecule has 7 heteroatoms. The van der Waals surface area contributed by atoms with E-state index in [0.717, 1.165) is 0 Å². The molecule has 0 aliphatic rings. The van der Waals surface area contributed by atoms with Gasteiger partial charge in [-0.2, -0.15) is 12.6 Å². The van der Waals surface area contributed by atoms with Gasteiger partial charge in [0.25, 0.3) is 5.91 Å². The van der Waals surface area contributed by atoms with Crippen molar-refractivity contribution in [3.8, 4) is 11.5 Å². The molecule has 0 aromatic heterocycles. The van der Waals surface area contributed by atoms with Gasteiger partial charge in [0, 0.05) is 11.3 Å². The first-order valence-electron chi connectivity index (χ1n) is 5.98. The Kier molecular flexibility index (Phi) is 6.17. The summed E-state index contributed by atoms with van der Waals surface area (Å²) in [5.74, 6) is -0.827. The van der Waals surface area contributed by atoms with E-state index >= 15 is 0 Å². The molecule has 0 spiro atoms. The van der Waals surface area contributed by atoms with Crippen molar-refractivity contribution in [2.45, 2.75) is 13.0 Å².